The first-order chi connectivity index (χ1) is 8.58. The molecule has 0 aliphatic heterocycles. The minimum Gasteiger partial charge on any atom is -0.351 e. The molecule has 2 unspecified atom stereocenters. The van der Waals surface area contributed by atoms with Gasteiger partial charge in [-0.1, -0.05) is 6.92 Å². The fraction of sp³-hybridized carbons (Fsp3) is 0.727. The van der Waals surface area contributed by atoms with E-state index < -0.39 is 0 Å². The van der Waals surface area contributed by atoms with E-state index in [0.29, 0.717) is 23.9 Å². The normalized spacial score (nSPS) is 22.9. The molecule has 1 aliphatic rings. The van der Waals surface area contributed by atoms with Crippen molar-refractivity contribution in [2.24, 2.45) is 11.8 Å². The van der Waals surface area contributed by atoms with Crippen molar-refractivity contribution in [2.45, 2.75) is 32.2 Å². The van der Waals surface area contributed by atoms with Crippen molar-refractivity contribution in [3.8, 4) is 0 Å². The van der Waals surface area contributed by atoms with Gasteiger partial charge < -0.3 is 10.2 Å². The number of anilines is 3. The van der Waals surface area contributed by atoms with Crippen LogP contribution < -0.4 is 21.5 Å². The number of aromatic nitrogens is 3. The van der Waals surface area contributed by atoms with Crippen molar-refractivity contribution in [3.05, 3.63) is 0 Å². The van der Waals surface area contributed by atoms with E-state index >= 15 is 0 Å². The second-order valence-corrected chi connectivity index (χ2v) is 5.08. The zero-order chi connectivity index (χ0) is 13.1. The molecule has 1 aromatic heterocycles. The third kappa shape index (κ3) is 2.98. The number of nitrogens with one attached hydrogen (secondary N) is 2. The van der Waals surface area contributed by atoms with Crippen LogP contribution in [0.3, 0.4) is 0 Å². The van der Waals surface area contributed by atoms with E-state index in [4.69, 9.17) is 5.84 Å². The molecule has 1 saturated carbocycles. The van der Waals surface area contributed by atoms with Crippen LogP contribution in [0.25, 0.3) is 0 Å². The lowest BCUT2D eigenvalue weighted by atomic mass is 10.1. The van der Waals surface area contributed by atoms with Gasteiger partial charge in [0.1, 0.15) is 0 Å². The maximum absolute atomic E-state index is 5.37. The van der Waals surface area contributed by atoms with Crippen LogP contribution in [0.2, 0.25) is 0 Å². The lowest BCUT2D eigenvalue weighted by molar-refractivity contribution is 0.601. The lowest BCUT2D eigenvalue weighted by Crippen LogP contribution is -2.22. The van der Waals surface area contributed by atoms with E-state index in [9.17, 15) is 0 Å². The number of nitrogen functional groups attached to an aromatic ring is 1. The molecule has 1 aromatic rings. The predicted octanol–water partition coefficient (Wildman–Crippen LogP) is 0.824. The molecular weight excluding hydrogens is 230 g/mol. The van der Waals surface area contributed by atoms with Crippen molar-refractivity contribution in [1.82, 2.24) is 15.0 Å². The highest BCUT2D eigenvalue weighted by molar-refractivity contribution is 5.42. The van der Waals surface area contributed by atoms with Crippen LogP contribution in [0, 0.1) is 5.92 Å². The van der Waals surface area contributed by atoms with Crippen molar-refractivity contribution in [2.75, 3.05) is 29.7 Å². The van der Waals surface area contributed by atoms with E-state index in [1.807, 2.05) is 19.0 Å². The van der Waals surface area contributed by atoms with Gasteiger partial charge in [0, 0.05) is 20.1 Å². The molecule has 0 radical (unpaired) electrons. The standard InChI is InChI=1S/C11H21N7/c1-7-4-5-8(6-7)13-9-14-10(17-12)16-11(15-9)18(2)3/h7-8H,4-6,12H2,1-3H3,(H2,13,14,15,16,17). The van der Waals surface area contributed by atoms with E-state index in [1.165, 1.54) is 6.42 Å². The molecule has 4 N–H and O–H groups in total. The zero-order valence-electron chi connectivity index (χ0n) is 11.1. The molecule has 100 valence electrons. The molecule has 0 amide bonds. The number of hydrogen-bond donors (Lipinski definition) is 3. The Bertz CT molecular complexity index is 406. The highest BCUT2D eigenvalue weighted by atomic mass is 15.4. The summed E-state index contributed by atoms with van der Waals surface area (Å²) in [6.45, 7) is 2.27. The predicted molar refractivity (Wildman–Crippen MR) is 72.4 cm³/mol. The third-order valence-electron chi connectivity index (χ3n) is 3.18. The molecule has 1 fully saturated rings. The third-order valence-corrected chi connectivity index (χ3v) is 3.18. The van der Waals surface area contributed by atoms with E-state index in [2.05, 4.69) is 32.6 Å². The molecule has 7 heteroatoms. The summed E-state index contributed by atoms with van der Waals surface area (Å²) in [5.74, 6) is 7.69. The van der Waals surface area contributed by atoms with Crippen LogP contribution in [0.4, 0.5) is 17.8 Å². The number of nitrogens with zero attached hydrogens (tertiary/aromatic N) is 4. The van der Waals surface area contributed by atoms with Crippen LogP contribution in [-0.2, 0) is 0 Å². The molecule has 0 saturated heterocycles. The summed E-state index contributed by atoms with van der Waals surface area (Å²) in [5.41, 5.74) is 2.47. The summed E-state index contributed by atoms with van der Waals surface area (Å²) in [7, 11) is 3.77. The Kier molecular flexibility index (Phi) is 3.81. The van der Waals surface area contributed by atoms with Gasteiger partial charge in [-0.05, 0) is 25.2 Å². The molecule has 18 heavy (non-hydrogen) atoms. The van der Waals surface area contributed by atoms with Gasteiger partial charge in [0.2, 0.25) is 17.8 Å². The SMILES string of the molecule is CC1CCC(Nc2nc(NN)nc(N(C)C)n2)C1. The van der Waals surface area contributed by atoms with Crippen LogP contribution in [0.1, 0.15) is 26.2 Å². The van der Waals surface area contributed by atoms with E-state index in [1.54, 1.807) is 0 Å². The first-order valence-electron chi connectivity index (χ1n) is 6.25. The highest BCUT2D eigenvalue weighted by Crippen LogP contribution is 2.27. The van der Waals surface area contributed by atoms with Gasteiger partial charge in [-0.25, -0.2) is 5.84 Å². The summed E-state index contributed by atoms with van der Waals surface area (Å²) in [6, 6.07) is 0.447. The highest BCUT2D eigenvalue weighted by Gasteiger charge is 2.22. The maximum atomic E-state index is 5.37. The summed E-state index contributed by atoms with van der Waals surface area (Å²) in [6.07, 6.45) is 3.58. The Morgan fingerprint density at radius 3 is 2.44 bits per heavy atom. The maximum Gasteiger partial charge on any atom is 0.243 e. The lowest BCUT2D eigenvalue weighted by Gasteiger charge is -2.16. The average Bonchev–Trinajstić information content (AvgIpc) is 2.74. The van der Waals surface area contributed by atoms with Crippen molar-refractivity contribution in [1.29, 1.82) is 0 Å². The van der Waals surface area contributed by atoms with Crippen LogP contribution in [0.15, 0.2) is 0 Å². The minimum atomic E-state index is 0.377. The quantitative estimate of drug-likeness (QED) is 0.539. The van der Waals surface area contributed by atoms with Gasteiger partial charge in [-0.15, -0.1) is 0 Å². The average molecular weight is 251 g/mol. The number of nitrogens with two attached hydrogens (primary N) is 1. The van der Waals surface area contributed by atoms with Crippen molar-refractivity contribution < 1.29 is 0 Å². The Labute approximate surface area is 107 Å². The topological polar surface area (TPSA) is 92.0 Å². The van der Waals surface area contributed by atoms with Crippen LogP contribution in [-0.4, -0.2) is 35.1 Å². The van der Waals surface area contributed by atoms with Gasteiger partial charge >= 0.3 is 0 Å². The molecule has 0 aromatic carbocycles. The molecule has 2 atom stereocenters. The van der Waals surface area contributed by atoms with E-state index in [0.717, 1.165) is 18.8 Å². The first kappa shape index (κ1) is 12.8. The Balaban J connectivity index is 2.13. The molecule has 0 spiro atoms. The fourth-order valence-corrected chi connectivity index (χ4v) is 2.21. The van der Waals surface area contributed by atoms with Crippen LogP contribution in [0.5, 0.6) is 0 Å². The van der Waals surface area contributed by atoms with Crippen molar-refractivity contribution >= 4 is 17.8 Å². The summed E-state index contributed by atoms with van der Waals surface area (Å²) in [4.78, 5) is 14.6. The number of rotatable bonds is 4. The smallest absolute Gasteiger partial charge is 0.243 e. The van der Waals surface area contributed by atoms with Gasteiger partial charge in [-0.3, -0.25) is 5.43 Å². The molecular formula is C11H21N7. The molecule has 1 aliphatic carbocycles. The van der Waals surface area contributed by atoms with Crippen LogP contribution >= 0.6 is 0 Å². The Hall–Kier alpha value is -1.63. The largest absolute Gasteiger partial charge is 0.351 e. The Morgan fingerprint density at radius 2 is 1.89 bits per heavy atom. The van der Waals surface area contributed by atoms with Gasteiger partial charge in [0.25, 0.3) is 0 Å². The molecule has 2 rings (SSSR count). The second kappa shape index (κ2) is 5.34. The molecule has 1 heterocycles. The number of hydrogen-bond acceptors (Lipinski definition) is 7. The monoisotopic (exact) mass is 251 g/mol. The van der Waals surface area contributed by atoms with Gasteiger partial charge in [-0.2, -0.15) is 15.0 Å². The van der Waals surface area contributed by atoms with Gasteiger partial charge in [0.05, 0.1) is 0 Å². The zero-order valence-corrected chi connectivity index (χ0v) is 11.1. The first-order valence-corrected chi connectivity index (χ1v) is 6.25. The summed E-state index contributed by atoms with van der Waals surface area (Å²) < 4.78 is 0. The molecule has 7 nitrogen and oxygen atoms in total. The second-order valence-electron chi connectivity index (χ2n) is 5.08. The fourth-order valence-electron chi connectivity index (χ4n) is 2.21. The van der Waals surface area contributed by atoms with Crippen molar-refractivity contribution in [3.63, 3.8) is 0 Å². The summed E-state index contributed by atoms with van der Waals surface area (Å²) in [5, 5.41) is 3.36. The minimum absolute atomic E-state index is 0.377. The summed E-state index contributed by atoms with van der Waals surface area (Å²) >= 11 is 0. The van der Waals surface area contributed by atoms with E-state index in [-0.39, 0.29) is 0 Å². The molecule has 0 bridgehead atoms. The Morgan fingerprint density at radius 1 is 1.17 bits per heavy atom. The number of hydrazine groups is 1. The van der Waals surface area contributed by atoms with Gasteiger partial charge in [0.15, 0.2) is 0 Å².